The summed E-state index contributed by atoms with van der Waals surface area (Å²) in [4.78, 5) is 26.5. The largest absolute Gasteiger partial charge is 0.370 e. The molecule has 0 aromatic carbocycles. The van der Waals surface area contributed by atoms with Crippen LogP contribution in [0.25, 0.3) is 0 Å². The Morgan fingerprint density at radius 2 is 2.04 bits per heavy atom. The Labute approximate surface area is 159 Å². The summed E-state index contributed by atoms with van der Waals surface area (Å²) in [5.74, 6) is 0.389. The van der Waals surface area contributed by atoms with Crippen molar-refractivity contribution in [2.45, 2.75) is 44.6 Å². The monoisotopic (exact) mass is 384 g/mol. The first-order valence-electron chi connectivity index (χ1n) is 9.63. The van der Waals surface area contributed by atoms with Gasteiger partial charge in [-0.05, 0) is 43.8 Å². The van der Waals surface area contributed by atoms with E-state index in [4.69, 9.17) is 17.0 Å². The van der Waals surface area contributed by atoms with Crippen molar-refractivity contribution < 1.29 is 19.2 Å². The number of rotatable bonds is 5. The van der Waals surface area contributed by atoms with E-state index < -0.39 is 11.6 Å². The van der Waals surface area contributed by atoms with Gasteiger partial charge in [-0.2, -0.15) is 5.01 Å². The second-order valence-corrected chi connectivity index (χ2v) is 8.08. The number of urea groups is 1. The van der Waals surface area contributed by atoms with E-state index >= 15 is 0 Å². The summed E-state index contributed by atoms with van der Waals surface area (Å²) < 4.78 is 5.35. The Kier molecular flexibility index (Phi) is 6.31. The second kappa shape index (κ2) is 8.49. The Bertz CT molecular complexity index is 545. The quantitative estimate of drug-likeness (QED) is 0.281. The summed E-state index contributed by atoms with van der Waals surface area (Å²) in [6.45, 7) is 7.70. The number of hydrazine groups is 1. The van der Waals surface area contributed by atoms with Gasteiger partial charge in [0.25, 0.3) is 5.91 Å². The Balaban J connectivity index is 1.41. The molecule has 0 bridgehead atoms. The average molecular weight is 385 g/mol. The summed E-state index contributed by atoms with van der Waals surface area (Å²) in [6, 6.07) is -0.411. The zero-order chi connectivity index (χ0) is 18.6. The van der Waals surface area contributed by atoms with Crippen molar-refractivity contribution >= 4 is 29.3 Å². The highest BCUT2D eigenvalue weighted by Gasteiger charge is 2.52. The van der Waals surface area contributed by atoms with Gasteiger partial charge in [0.15, 0.2) is 5.11 Å². The lowest BCUT2D eigenvalue weighted by Gasteiger charge is -2.33. The van der Waals surface area contributed by atoms with Crippen molar-refractivity contribution in [3.63, 3.8) is 0 Å². The number of quaternary nitrogens is 1. The van der Waals surface area contributed by atoms with Gasteiger partial charge in [-0.15, -0.1) is 0 Å². The van der Waals surface area contributed by atoms with Gasteiger partial charge in [0, 0.05) is 13.0 Å². The number of amides is 3. The third-order valence-electron chi connectivity index (χ3n) is 5.70. The minimum Gasteiger partial charge on any atom is -0.370 e. The highest BCUT2D eigenvalue weighted by Crippen LogP contribution is 2.35. The number of nitrogens with one attached hydrogen (secondary N) is 4. The topological polar surface area (TPSA) is 87.1 Å². The second-order valence-electron chi connectivity index (χ2n) is 7.67. The van der Waals surface area contributed by atoms with Crippen LogP contribution in [0.15, 0.2) is 0 Å². The zero-order valence-electron chi connectivity index (χ0n) is 15.4. The maximum atomic E-state index is 12.7. The molecule has 3 aliphatic rings. The molecule has 3 fully saturated rings. The zero-order valence-corrected chi connectivity index (χ0v) is 16.3. The summed E-state index contributed by atoms with van der Waals surface area (Å²) in [5.41, 5.74) is 2.02. The summed E-state index contributed by atoms with van der Waals surface area (Å²) in [6.07, 6.45) is 4.26. The first-order chi connectivity index (χ1) is 12.5. The van der Waals surface area contributed by atoms with Crippen LogP contribution in [0.2, 0.25) is 0 Å². The van der Waals surface area contributed by atoms with Crippen molar-refractivity contribution in [1.29, 1.82) is 0 Å². The van der Waals surface area contributed by atoms with E-state index in [0.29, 0.717) is 30.4 Å². The van der Waals surface area contributed by atoms with E-state index in [0.717, 1.165) is 57.1 Å². The lowest BCUT2D eigenvalue weighted by Crippen LogP contribution is -3.14. The molecular weight excluding hydrogens is 354 g/mol. The molecule has 1 aliphatic carbocycles. The van der Waals surface area contributed by atoms with Crippen LogP contribution in [0.1, 0.15) is 39.0 Å². The third-order valence-corrected chi connectivity index (χ3v) is 5.93. The van der Waals surface area contributed by atoms with Gasteiger partial charge in [0.1, 0.15) is 18.6 Å². The van der Waals surface area contributed by atoms with Crippen LogP contribution < -0.4 is 21.0 Å². The smallest absolute Gasteiger partial charge is 0.344 e. The molecule has 4 N–H and O–H groups in total. The molecule has 3 amide bonds. The fourth-order valence-corrected chi connectivity index (χ4v) is 4.10. The van der Waals surface area contributed by atoms with Gasteiger partial charge in [0.05, 0.1) is 19.8 Å². The predicted octanol–water partition coefficient (Wildman–Crippen LogP) is -0.829. The Morgan fingerprint density at radius 1 is 1.35 bits per heavy atom. The third kappa shape index (κ3) is 4.44. The molecule has 0 aromatic heterocycles. The molecule has 2 aliphatic heterocycles. The first-order valence-corrected chi connectivity index (χ1v) is 10.0. The summed E-state index contributed by atoms with van der Waals surface area (Å²) in [5, 5.41) is 7.32. The minimum atomic E-state index is -0.744. The molecule has 0 unspecified atom stereocenters. The molecule has 0 atom stereocenters. The number of morpholine rings is 1. The average Bonchev–Trinajstić information content (AvgIpc) is 2.87. The number of carbonyl (C=O) groups is 2. The lowest BCUT2D eigenvalue weighted by atomic mass is 9.77. The van der Waals surface area contributed by atoms with Crippen molar-refractivity contribution in [3.8, 4) is 0 Å². The summed E-state index contributed by atoms with van der Waals surface area (Å²) in [7, 11) is 0. The van der Waals surface area contributed by atoms with Gasteiger partial charge in [-0.3, -0.25) is 10.2 Å². The predicted molar refractivity (Wildman–Crippen MR) is 100 cm³/mol. The van der Waals surface area contributed by atoms with Crippen molar-refractivity contribution in [3.05, 3.63) is 0 Å². The fraction of sp³-hybridized carbons (Fsp3) is 0.824. The van der Waals surface area contributed by atoms with Crippen molar-refractivity contribution in [1.82, 2.24) is 21.1 Å². The van der Waals surface area contributed by atoms with Gasteiger partial charge in [-0.1, -0.05) is 6.92 Å². The van der Waals surface area contributed by atoms with Gasteiger partial charge < -0.3 is 20.3 Å². The number of carbonyl (C=O) groups excluding carboxylic acids is 2. The normalized spacial score (nSPS) is 29.7. The number of hydrogen-bond donors (Lipinski definition) is 4. The van der Waals surface area contributed by atoms with Crippen LogP contribution in [0.4, 0.5) is 4.79 Å². The Hall–Kier alpha value is -1.45. The van der Waals surface area contributed by atoms with Gasteiger partial charge >= 0.3 is 6.03 Å². The van der Waals surface area contributed by atoms with Crippen LogP contribution in [0.5, 0.6) is 0 Å². The highest BCUT2D eigenvalue weighted by atomic mass is 32.1. The minimum absolute atomic E-state index is 0.212. The molecule has 2 saturated heterocycles. The fourth-order valence-electron chi connectivity index (χ4n) is 3.91. The highest BCUT2D eigenvalue weighted by molar-refractivity contribution is 7.80. The number of imide groups is 1. The number of thiocarbonyl (C=S) groups is 1. The summed E-state index contributed by atoms with van der Waals surface area (Å²) >= 11 is 5.25. The van der Waals surface area contributed by atoms with E-state index in [-0.39, 0.29) is 5.91 Å². The molecule has 146 valence electrons. The number of ether oxygens (including phenoxy) is 1. The molecule has 0 radical (unpaired) electrons. The van der Waals surface area contributed by atoms with E-state index in [9.17, 15) is 9.59 Å². The van der Waals surface area contributed by atoms with Crippen LogP contribution >= 0.6 is 12.2 Å². The molecule has 0 aromatic rings. The standard InChI is InChI=1S/C17H29N5O3S/c1-13-3-5-17(6-4-13)14(23)22(16(24)19-17)20-15(26)18-7-2-8-21-9-11-25-12-10-21/h13H,2-12H2,1H3,(H,19,24)(H2,18,20,26)/p+1. The van der Waals surface area contributed by atoms with E-state index in [1.165, 1.54) is 0 Å². The van der Waals surface area contributed by atoms with E-state index in [1.54, 1.807) is 4.90 Å². The van der Waals surface area contributed by atoms with Crippen LogP contribution in [-0.2, 0) is 9.53 Å². The van der Waals surface area contributed by atoms with Gasteiger partial charge in [-0.25, -0.2) is 4.79 Å². The maximum Gasteiger partial charge on any atom is 0.344 e. The molecule has 1 saturated carbocycles. The van der Waals surface area contributed by atoms with Crippen molar-refractivity contribution in [2.75, 3.05) is 39.4 Å². The molecule has 3 rings (SSSR count). The van der Waals surface area contributed by atoms with Crippen LogP contribution in [-0.4, -0.2) is 67.0 Å². The van der Waals surface area contributed by atoms with Crippen LogP contribution in [0, 0.1) is 5.92 Å². The van der Waals surface area contributed by atoms with Crippen molar-refractivity contribution in [2.24, 2.45) is 5.92 Å². The van der Waals surface area contributed by atoms with E-state index in [2.05, 4.69) is 23.0 Å². The molecular formula is C17H30N5O3S+. The first kappa shape index (κ1) is 19.3. The molecule has 1 spiro atoms. The number of nitrogens with zero attached hydrogens (tertiary/aromatic N) is 1. The van der Waals surface area contributed by atoms with Gasteiger partial charge in [0.2, 0.25) is 0 Å². The Morgan fingerprint density at radius 3 is 2.73 bits per heavy atom. The maximum absolute atomic E-state index is 12.7. The van der Waals surface area contributed by atoms with Crippen LogP contribution in [0.3, 0.4) is 0 Å². The molecule has 26 heavy (non-hydrogen) atoms. The molecule has 8 nitrogen and oxygen atoms in total. The molecule has 2 heterocycles. The molecule has 9 heteroatoms. The number of hydrogen-bond acceptors (Lipinski definition) is 4. The lowest BCUT2D eigenvalue weighted by molar-refractivity contribution is -0.908. The SMILES string of the molecule is CC1CCC2(CC1)NC(=O)N(NC(=S)NCCC[NH+]1CCOCC1)C2=O. The van der Waals surface area contributed by atoms with E-state index in [1.807, 2.05) is 0 Å².